The third kappa shape index (κ3) is 4.43. The Labute approximate surface area is 287 Å². The van der Waals surface area contributed by atoms with E-state index in [-0.39, 0.29) is 0 Å². The Hall–Kier alpha value is -6.92. The Bertz CT molecular complexity index is 2810. The molecular formula is C44H28N6. The molecule has 4 aromatic heterocycles. The van der Waals surface area contributed by atoms with Gasteiger partial charge in [-0.15, -0.1) is 0 Å². The molecule has 0 fully saturated rings. The number of rotatable bonds is 5. The third-order valence-corrected chi connectivity index (χ3v) is 9.47. The Kier molecular flexibility index (Phi) is 6.39. The fourth-order valence-electron chi connectivity index (χ4n) is 7.22. The van der Waals surface area contributed by atoms with Crippen LogP contribution in [0.5, 0.6) is 0 Å². The lowest BCUT2D eigenvalue weighted by molar-refractivity contribution is 1.16. The molecule has 0 aliphatic heterocycles. The number of anilines is 3. The van der Waals surface area contributed by atoms with Gasteiger partial charge in [0.1, 0.15) is 11.3 Å². The molecule has 0 aliphatic carbocycles. The molecule has 0 atom stereocenters. The van der Waals surface area contributed by atoms with Gasteiger partial charge in [0.25, 0.3) is 0 Å². The SMILES string of the molecule is c1ccc(-c2ccc3c4nccnc4c4ccc(N(c5ccccc5)c5ccc(-n6c7ccccc7c7ccccc76)cc5)nc4c3n2)cc1. The van der Waals surface area contributed by atoms with Crippen molar-refractivity contribution < 1.29 is 0 Å². The first kappa shape index (κ1) is 28.1. The Morgan fingerprint density at radius 1 is 0.400 bits per heavy atom. The summed E-state index contributed by atoms with van der Waals surface area (Å²) in [6.45, 7) is 0. The van der Waals surface area contributed by atoms with E-state index in [1.165, 1.54) is 21.8 Å². The maximum Gasteiger partial charge on any atom is 0.138 e. The average Bonchev–Trinajstić information content (AvgIpc) is 3.53. The van der Waals surface area contributed by atoms with Gasteiger partial charge in [-0.1, -0.05) is 84.9 Å². The highest BCUT2D eigenvalue weighted by molar-refractivity contribution is 6.21. The first-order chi connectivity index (χ1) is 24.8. The summed E-state index contributed by atoms with van der Waals surface area (Å²) in [5.41, 5.74) is 10.6. The van der Waals surface area contributed by atoms with Crippen molar-refractivity contribution >= 4 is 71.8 Å². The number of fused-ring (bicyclic) bond motifs is 9. The molecule has 10 aromatic rings. The van der Waals surface area contributed by atoms with Crippen molar-refractivity contribution in [2.45, 2.75) is 0 Å². The number of nitrogens with zero attached hydrogens (tertiary/aromatic N) is 6. The minimum atomic E-state index is 0.782. The fraction of sp³-hybridized carbons (Fsp3) is 0. The molecule has 6 nitrogen and oxygen atoms in total. The molecule has 6 aromatic carbocycles. The zero-order valence-corrected chi connectivity index (χ0v) is 26.8. The van der Waals surface area contributed by atoms with Crippen molar-refractivity contribution in [3.05, 3.63) is 170 Å². The summed E-state index contributed by atoms with van der Waals surface area (Å²) in [5.74, 6) is 0.782. The Balaban J connectivity index is 1.17. The highest BCUT2D eigenvalue weighted by atomic mass is 15.2. The third-order valence-electron chi connectivity index (χ3n) is 9.47. The van der Waals surface area contributed by atoms with E-state index in [9.17, 15) is 0 Å². The van der Waals surface area contributed by atoms with Crippen molar-refractivity contribution in [3.63, 3.8) is 0 Å². The molecule has 50 heavy (non-hydrogen) atoms. The van der Waals surface area contributed by atoms with E-state index in [1.807, 2.05) is 24.3 Å². The molecule has 0 unspecified atom stereocenters. The van der Waals surface area contributed by atoms with Gasteiger partial charge in [-0.3, -0.25) is 14.9 Å². The predicted molar refractivity (Wildman–Crippen MR) is 205 cm³/mol. The smallest absolute Gasteiger partial charge is 0.138 e. The lowest BCUT2D eigenvalue weighted by Crippen LogP contribution is -2.12. The van der Waals surface area contributed by atoms with Crippen LogP contribution in [0, 0.1) is 0 Å². The molecular weight excluding hydrogens is 613 g/mol. The molecule has 0 saturated carbocycles. The summed E-state index contributed by atoms with van der Waals surface area (Å²) in [4.78, 5) is 22.3. The van der Waals surface area contributed by atoms with Crippen molar-refractivity contribution in [3.8, 4) is 16.9 Å². The standard InChI is InChI=1S/C44H28N6/c1-3-11-29(12-4-1)37-25-23-35-41-42(46-28-27-45-41)36-24-26-40(48-44(36)43(35)47-37)49(30-13-5-2-6-14-30)31-19-21-32(22-20-31)50-38-17-9-7-15-33(38)34-16-8-10-18-39(34)50/h1-28H. The van der Waals surface area contributed by atoms with Crippen LogP contribution >= 0.6 is 0 Å². The van der Waals surface area contributed by atoms with Gasteiger partial charge >= 0.3 is 0 Å². The lowest BCUT2D eigenvalue weighted by Gasteiger charge is -2.25. The van der Waals surface area contributed by atoms with Gasteiger partial charge in [0.2, 0.25) is 0 Å². The van der Waals surface area contributed by atoms with Gasteiger partial charge in [-0.25, -0.2) is 9.97 Å². The average molecular weight is 641 g/mol. The molecule has 0 N–H and O–H groups in total. The molecule has 0 radical (unpaired) electrons. The van der Waals surface area contributed by atoms with E-state index < -0.39 is 0 Å². The van der Waals surface area contributed by atoms with Gasteiger partial charge in [-0.05, 0) is 72.8 Å². The number of benzene rings is 6. The second kappa shape index (κ2) is 11.4. The summed E-state index contributed by atoms with van der Waals surface area (Å²) >= 11 is 0. The Morgan fingerprint density at radius 3 is 1.60 bits per heavy atom. The van der Waals surface area contributed by atoms with Crippen molar-refractivity contribution in [1.29, 1.82) is 0 Å². The monoisotopic (exact) mass is 640 g/mol. The summed E-state index contributed by atoms with van der Waals surface area (Å²) < 4.78 is 2.34. The second-order valence-corrected chi connectivity index (χ2v) is 12.3. The highest BCUT2D eigenvalue weighted by Crippen LogP contribution is 2.39. The fourth-order valence-corrected chi connectivity index (χ4v) is 7.22. The van der Waals surface area contributed by atoms with Crippen LogP contribution in [-0.4, -0.2) is 24.5 Å². The number of hydrogen-bond acceptors (Lipinski definition) is 5. The van der Waals surface area contributed by atoms with Crippen LogP contribution < -0.4 is 4.90 Å². The summed E-state index contributed by atoms with van der Waals surface area (Å²) in [7, 11) is 0. The van der Waals surface area contributed by atoms with Crippen molar-refractivity contribution in [1.82, 2.24) is 24.5 Å². The lowest BCUT2D eigenvalue weighted by atomic mass is 10.0. The summed E-state index contributed by atoms with van der Waals surface area (Å²) in [6, 6.07) is 54.9. The van der Waals surface area contributed by atoms with Gasteiger partial charge in [0.15, 0.2) is 0 Å². The first-order valence-corrected chi connectivity index (χ1v) is 16.7. The van der Waals surface area contributed by atoms with Crippen LogP contribution in [0.3, 0.4) is 0 Å². The maximum absolute atomic E-state index is 5.39. The van der Waals surface area contributed by atoms with E-state index in [1.54, 1.807) is 12.4 Å². The van der Waals surface area contributed by atoms with E-state index in [0.29, 0.717) is 0 Å². The van der Waals surface area contributed by atoms with E-state index in [2.05, 4.69) is 143 Å². The molecule has 0 amide bonds. The zero-order chi connectivity index (χ0) is 33.0. The van der Waals surface area contributed by atoms with Crippen LogP contribution in [0.2, 0.25) is 0 Å². The topological polar surface area (TPSA) is 59.7 Å². The van der Waals surface area contributed by atoms with Crippen LogP contribution in [0.4, 0.5) is 17.2 Å². The van der Waals surface area contributed by atoms with Crippen LogP contribution in [-0.2, 0) is 0 Å². The van der Waals surface area contributed by atoms with Crippen LogP contribution in [0.25, 0.3) is 71.6 Å². The van der Waals surface area contributed by atoms with E-state index >= 15 is 0 Å². The predicted octanol–water partition coefficient (Wildman–Crippen LogP) is 11.0. The number of hydrogen-bond donors (Lipinski definition) is 0. The summed E-state index contributed by atoms with van der Waals surface area (Å²) in [5, 5.41) is 4.32. The number of aromatic nitrogens is 5. The van der Waals surface area contributed by atoms with E-state index in [0.717, 1.165) is 67.0 Å². The van der Waals surface area contributed by atoms with Crippen molar-refractivity contribution in [2.24, 2.45) is 0 Å². The maximum atomic E-state index is 5.39. The number of pyridine rings is 2. The normalized spacial score (nSPS) is 11.6. The van der Waals surface area contributed by atoms with Crippen LogP contribution in [0.15, 0.2) is 170 Å². The van der Waals surface area contributed by atoms with Crippen LogP contribution in [0.1, 0.15) is 0 Å². The van der Waals surface area contributed by atoms with Crippen molar-refractivity contribution in [2.75, 3.05) is 4.90 Å². The summed E-state index contributed by atoms with van der Waals surface area (Å²) in [6.07, 6.45) is 3.48. The minimum absolute atomic E-state index is 0.782. The van der Waals surface area contributed by atoms with Gasteiger partial charge < -0.3 is 4.57 Å². The molecule has 0 saturated heterocycles. The number of para-hydroxylation sites is 3. The molecule has 6 heteroatoms. The molecule has 10 rings (SSSR count). The Morgan fingerprint density at radius 2 is 0.940 bits per heavy atom. The quantitative estimate of drug-likeness (QED) is 0.175. The largest absolute Gasteiger partial charge is 0.309 e. The van der Waals surface area contributed by atoms with Gasteiger partial charge in [-0.2, -0.15) is 0 Å². The highest BCUT2D eigenvalue weighted by Gasteiger charge is 2.19. The minimum Gasteiger partial charge on any atom is -0.309 e. The molecule has 0 aliphatic rings. The second-order valence-electron chi connectivity index (χ2n) is 12.3. The van der Waals surface area contributed by atoms with Gasteiger partial charge in [0.05, 0.1) is 33.3 Å². The first-order valence-electron chi connectivity index (χ1n) is 16.7. The molecule has 0 spiro atoms. The van der Waals surface area contributed by atoms with Gasteiger partial charge in [0, 0.05) is 56.6 Å². The molecule has 0 bridgehead atoms. The van der Waals surface area contributed by atoms with E-state index in [4.69, 9.17) is 19.9 Å². The zero-order valence-electron chi connectivity index (χ0n) is 26.8. The molecule has 4 heterocycles. The molecule has 234 valence electrons.